The summed E-state index contributed by atoms with van der Waals surface area (Å²) in [5.41, 5.74) is 28.6. The van der Waals surface area contributed by atoms with Crippen molar-refractivity contribution < 1.29 is 4.79 Å². The number of ketones is 1. The first-order valence-electron chi connectivity index (χ1n) is 8.20. The van der Waals surface area contributed by atoms with E-state index in [1.54, 1.807) is 24.3 Å². The molecule has 0 heterocycles. The summed E-state index contributed by atoms with van der Waals surface area (Å²) in [5, 5.41) is 0. The van der Waals surface area contributed by atoms with E-state index in [1.807, 2.05) is 24.3 Å². The van der Waals surface area contributed by atoms with Crippen molar-refractivity contribution in [2.45, 2.75) is 19.3 Å². The molecule has 0 aliphatic heterocycles. The number of hydrogen-bond donors (Lipinski definition) is 4. The highest BCUT2D eigenvalue weighted by Crippen LogP contribution is 2.29. The van der Waals surface area contributed by atoms with Gasteiger partial charge >= 0.3 is 0 Å². The first-order chi connectivity index (χ1) is 11.9. The minimum Gasteiger partial charge on any atom is -0.397 e. The van der Waals surface area contributed by atoms with Crippen LogP contribution in [0.1, 0.15) is 30.4 Å². The van der Waals surface area contributed by atoms with Gasteiger partial charge in [-0.2, -0.15) is 0 Å². The zero-order valence-corrected chi connectivity index (χ0v) is 14.0. The molecule has 25 heavy (non-hydrogen) atoms. The molecule has 0 atom stereocenters. The second kappa shape index (κ2) is 6.73. The average Bonchev–Trinajstić information content (AvgIpc) is 2.58. The van der Waals surface area contributed by atoms with Crippen molar-refractivity contribution in [1.29, 1.82) is 0 Å². The lowest BCUT2D eigenvalue weighted by molar-refractivity contribution is -0.112. The fourth-order valence-electron chi connectivity index (χ4n) is 2.95. The molecule has 5 nitrogen and oxygen atoms in total. The Bertz CT molecular complexity index is 825. The second-order valence-corrected chi connectivity index (χ2v) is 6.30. The first kappa shape index (κ1) is 16.6. The molecule has 0 bridgehead atoms. The minimum absolute atomic E-state index is 0.0667. The molecule has 0 aromatic heterocycles. The number of rotatable bonds is 2. The minimum atomic E-state index is 0.0667. The summed E-state index contributed by atoms with van der Waals surface area (Å²) >= 11 is 0. The predicted molar refractivity (Wildman–Crippen MR) is 105 cm³/mol. The van der Waals surface area contributed by atoms with Crippen LogP contribution in [0.15, 0.2) is 47.5 Å². The van der Waals surface area contributed by atoms with Crippen molar-refractivity contribution in [2.75, 3.05) is 22.9 Å². The van der Waals surface area contributed by atoms with E-state index in [1.165, 1.54) is 0 Å². The molecule has 5 heteroatoms. The molecule has 1 aliphatic rings. The fourth-order valence-corrected chi connectivity index (χ4v) is 2.95. The number of Topliss-reactive ketones (excluding diaryl/α,β-unsaturated/α-hetero) is 1. The monoisotopic (exact) mass is 334 g/mol. The lowest BCUT2D eigenvalue weighted by Gasteiger charge is -2.17. The van der Waals surface area contributed by atoms with Crippen molar-refractivity contribution in [2.24, 2.45) is 0 Å². The van der Waals surface area contributed by atoms with E-state index >= 15 is 0 Å². The Morgan fingerprint density at radius 3 is 1.52 bits per heavy atom. The van der Waals surface area contributed by atoms with Crippen LogP contribution in [0.5, 0.6) is 0 Å². The number of benzene rings is 2. The molecule has 2 aromatic carbocycles. The largest absolute Gasteiger partial charge is 0.397 e. The molecule has 3 rings (SSSR count). The van der Waals surface area contributed by atoms with Gasteiger partial charge < -0.3 is 22.9 Å². The highest BCUT2D eigenvalue weighted by molar-refractivity contribution is 6.14. The van der Waals surface area contributed by atoms with Crippen LogP contribution >= 0.6 is 0 Å². The summed E-state index contributed by atoms with van der Waals surface area (Å²) in [6, 6.07) is 10.8. The van der Waals surface area contributed by atoms with Crippen molar-refractivity contribution in [1.82, 2.24) is 0 Å². The molecule has 8 N–H and O–H groups in total. The Morgan fingerprint density at radius 2 is 1.12 bits per heavy atom. The molecular formula is C20H22N4O. The van der Waals surface area contributed by atoms with Gasteiger partial charge in [-0.25, -0.2) is 0 Å². The second-order valence-electron chi connectivity index (χ2n) is 6.30. The van der Waals surface area contributed by atoms with Gasteiger partial charge in [0.05, 0.1) is 22.7 Å². The topological polar surface area (TPSA) is 121 Å². The molecule has 128 valence electrons. The molecule has 1 saturated carbocycles. The maximum atomic E-state index is 12.8. The molecule has 0 unspecified atom stereocenters. The standard InChI is InChI=1S/C20H22N4O/c21-16-6-4-12(10-18(16)23)8-14-2-1-3-15(20(14)25)9-13-5-7-17(22)19(24)11-13/h4-11H,1-3,21-24H2/b14-8+,15-9+. The fraction of sp³-hybridized carbons (Fsp3) is 0.150. The van der Waals surface area contributed by atoms with Gasteiger partial charge in [-0.3, -0.25) is 4.79 Å². The molecule has 0 amide bonds. The average molecular weight is 334 g/mol. The van der Waals surface area contributed by atoms with Crippen molar-refractivity contribution in [3.05, 3.63) is 58.7 Å². The smallest absolute Gasteiger partial charge is 0.185 e. The number of carbonyl (C=O) groups excluding carboxylic acids is 1. The molecule has 0 saturated heterocycles. The highest BCUT2D eigenvalue weighted by atomic mass is 16.1. The zero-order valence-electron chi connectivity index (χ0n) is 14.0. The number of carbonyl (C=O) groups is 1. The van der Waals surface area contributed by atoms with E-state index in [4.69, 9.17) is 22.9 Å². The van der Waals surface area contributed by atoms with Gasteiger partial charge in [0.1, 0.15) is 0 Å². The summed E-state index contributed by atoms with van der Waals surface area (Å²) in [7, 11) is 0. The lowest BCUT2D eigenvalue weighted by atomic mass is 9.86. The first-order valence-corrected chi connectivity index (χ1v) is 8.20. The third kappa shape index (κ3) is 3.66. The molecular weight excluding hydrogens is 312 g/mol. The normalized spacial score (nSPS) is 18.0. The number of hydrogen-bond acceptors (Lipinski definition) is 5. The van der Waals surface area contributed by atoms with Crippen molar-refractivity contribution in [3.63, 3.8) is 0 Å². The third-order valence-corrected chi connectivity index (χ3v) is 4.38. The molecule has 0 radical (unpaired) electrons. The Morgan fingerprint density at radius 1 is 0.680 bits per heavy atom. The molecule has 1 aliphatic carbocycles. The van der Waals surface area contributed by atoms with Crippen LogP contribution in [0.2, 0.25) is 0 Å². The number of anilines is 4. The number of nitrogen functional groups attached to an aromatic ring is 4. The van der Waals surface area contributed by atoms with Crippen LogP contribution in [0.3, 0.4) is 0 Å². The highest BCUT2D eigenvalue weighted by Gasteiger charge is 2.20. The summed E-state index contributed by atoms with van der Waals surface area (Å²) in [4.78, 5) is 12.8. The van der Waals surface area contributed by atoms with E-state index < -0.39 is 0 Å². The number of allylic oxidation sites excluding steroid dienone is 2. The lowest BCUT2D eigenvalue weighted by Crippen LogP contribution is -2.12. The van der Waals surface area contributed by atoms with Crippen LogP contribution < -0.4 is 22.9 Å². The summed E-state index contributed by atoms with van der Waals surface area (Å²) in [6.07, 6.45) is 6.22. The maximum Gasteiger partial charge on any atom is 0.185 e. The third-order valence-electron chi connectivity index (χ3n) is 4.38. The Labute approximate surface area is 147 Å². The molecule has 0 spiro atoms. The maximum absolute atomic E-state index is 12.8. The Hall–Kier alpha value is -3.21. The Kier molecular flexibility index (Phi) is 4.48. The van der Waals surface area contributed by atoms with Gasteiger partial charge in [0.15, 0.2) is 5.78 Å². The van der Waals surface area contributed by atoms with E-state index in [2.05, 4.69) is 0 Å². The zero-order chi connectivity index (χ0) is 18.0. The predicted octanol–water partition coefficient (Wildman–Crippen LogP) is 3.24. The molecule has 1 fully saturated rings. The summed E-state index contributed by atoms with van der Waals surface area (Å²) in [6.45, 7) is 0. The van der Waals surface area contributed by atoms with Gasteiger partial charge in [0.25, 0.3) is 0 Å². The molecule has 2 aromatic rings. The van der Waals surface area contributed by atoms with E-state index in [-0.39, 0.29) is 5.78 Å². The van der Waals surface area contributed by atoms with Crippen LogP contribution in [0.25, 0.3) is 12.2 Å². The summed E-state index contributed by atoms with van der Waals surface area (Å²) in [5.74, 6) is 0.0667. The van der Waals surface area contributed by atoms with Gasteiger partial charge in [-0.15, -0.1) is 0 Å². The Balaban J connectivity index is 1.89. The van der Waals surface area contributed by atoms with Gasteiger partial charge in [0.2, 0.25) is 0 Å². The SMILES string of the molecule is Nc1ccc(/C=C2\CCC/C(=C\c3ccc(N)c(N)c3)C2=O)cc1N. The van der Waals surface area contributed by atoms with Crippen LogP contribution in [-0.2, 0) is 4.79 Å². The van der Waals surface area contributed by atoms with Gasteiger partial charge in [-0.05, 0) is 66.8 Å². The van der Waals surface area contributed by atoms with Crippen LogP contribution in [0, 0.1) is 0 Å². The van der Waals surface area contributed by atoms with E-state index in [0.717, 1.165) is 41.5 Å². The van der Waals surface area contributed by atoms with E-state index in [9.17, 15) is 4.79 Å². The van der Waals surface area contributed by atoms with Gasteiger partial charge in [0, 0.05) is 11.1 Å². The van der Waals surface area contributed by atoms with E-state index in [0.29, 0.717) is 22.7 Å². The number of nitrogens with two attached hydrogens (primary N) is 4. The van der Waals surface area contributed by atoms with Crippen LogP contribution in [-0.4, -0.2) is 5.78 Å². The van der Waals surface area contributed by atoms with Crippen molar-refractivity contribution in [3.8, 4) is 0 Å². The van der Waals surface area contributed by atoms with Gasteiger partial charge in [-0.1, -0.05) is 12.1 Å². The van der Waals surface area contributed by atoms with Crippen molar-refractivity contribution >= 4 is 40.7 Å². The quantitative estimate of drug-likeness (QED) is 0.496. The summed E-state index contributed by atoms with van der Waals surface area (Å²) < 4.78 is 0. The van der Waals surface area contributed by atoms with Crippen LogP contribution in [0.4, 0.5) is 22.7 Å².